The van der Waals surface area contributed by atoms with Gasteiger partial charge in [-0.05, 0) is 18.2 Å². The van der Waals surface area contributed by atoms with E-state index in [0.717, 1.165) is 31.0 Å². The van der Waals surface area contributed by atoms with Crippen molar-refractivity contribution >= 4 is 27.9 Å². The van der Waals surface area contributed by atoms with Crippen LogP contribution in [0.4, 0.5) is 11.4 Å². The Morgan fingerprint density at radius 1 is 1.17 bits per heavy atom. The van der Waals surface area contributed by atoms with E-state index in [1.165, 1.54) is 12.4 Å². The number of piperazine rings is 1. The normalized spacial score (nSPS) is 15.1. The molecule has 0 aliphatic carbocycles. The average Bonchev–Trinajstić information content (AvgIpc) is 3.16. The lowest BCUT2D eigenvalue weighted by atomic mass is 10.1. The average molecular weight is 405 g/mol. The molecule has 0 saturated carbocycles. The van der Waals surface area contributed by atoms with Crippen molar-refractivity contribution in [2.75, 3.05) is 31.1 Å². The summed E-state index contributed by atoms with van der Waals surface area (Å²) >= 11 is 0. The predicted molar refractivity (Wildman–Crippen MR) is 112 cm³/mol. The first-order valence-electron chi connectivity index (χ1n) is 9.64. The highest BCUT2D eigenvalue weighted by Crippen LogP contribution is 2.32. The number of pyridine rings is 1. The van der Waals surface area contributed by atoms with Crippen molar-refractivity contribution in [3.63, 3.8) is 0 Å². The van der Waals surface area contributed by atoms with Crippen LogP contribution in [-0.4, -0.2) is 55.4 Å². The number of nitrogens with zero attached hydrogens (tertiary/aromatic N) is 6. The first kappa shape index (κ1) is 18.3. The first-order valence-corrected chi connectivity index (χ1v) is 9.64. The molecule has 10 nitrogen and oxygen atoms in total. The highest BCUT2D eigenvalue weighted by Gasteiger charge is 2.25. The Balaban J connectivity index is 1.36. The summed E-state index contributed by atoms with van der Waals surface area (Å²) in [6.07, 6.45) is 5.31. The van der Waals surface area contributed by atoms with Gasteiger partial charge in [-0.15, -0.1) is 0 Å². The van der Waals surface area contributed by atoms with Gasteiger partial charge in [-0.2, -0.15) is 0 Å². The summed E-state index contributed by atoms with van der Waals surface area (Å²) in [7, 11) is 0. The van der Waals surface area contributed by atoms with E-state index in [1.54, 1.807) is 6.07 Å². The number of nitro groups is 1. The van der Waals surface area contributed by atoms with Gasteiger partial charge in [0.05, 0.1) is 27.8 Å². The quantitative estimate of drug-likeness (QED) is 0.407. The van der Waals surface area contributed by atoms with Gasteiger partial charge in [0.2, 0.25) is 0 Å². The zero-order valence-corrected chi connectivity index (χ0v) is 16.1. The van der Waals surface area contributed by atoms with E-state index in [2.05, 4.69) is 19.9 Å². The molecule has 0 radical (unpaired) electrons. The number of aromatic amines is 1. The second-order valence-corrected chi connectivity index (χ2v) is 7.31. The Kier molecular flexibility index (Phi) is 4.40. The number of nitro benzene ring substituents is 1. The molecule has 1 aliphatic heterocycles. The molecule has 1 aliphatic rings. The number of imidazole rings is 1. The molecule has 0 spiro atoms. The minimum atomic E-state index is -0.440. The molecule has 1 aromatic carbocycles. The van der Waals surface area contributed by atoms with Gasteiger partial charge in [-0.3, -0.25) is 19.8 Å². The second kappa shape index (κ2) is 7.23. The van der Waals surface area contributed by atoms with Gasteiger partial charge >= 0.3 is 0 Å². The molecule has 0 unspecified atom stereocenters. The molecule has 1 fully saturated rings. The number of hydrogen-bond donors (Lipinski definition) is 1. The number of hydrogen-bond acceptors (Lipinski definition) is 7. The van der Waals surface area contributed by atoms with Crippen LogP contribution >= 0.6 is 0 Å². The molecule has 0 atom stereocenters. The Morgan fingerprint density at radius 3 is 2.77 bits per heavy atom. The lowest BCUT2D eigenvalue weighted by molar-refractivity contribution is -0.384. The van der Waals surface area contributed by atoms with Gasteiger partial charge in [0.1, 0.15) is 11.3 Å². The molecule has 1 saturated heterocycles. The number of rotatable bonds is 4. The van der Waals surface area contributed by atoms with E-state index < -0.39 is 4.92 Å². The fourth-order valence-corrected chi connectivity index (χ4v) is 3.93. The zero-order chi connectivity index (χ0) is 20.7. The lowest BCUT2D eigenvalue weighted by Crippen LogP contribution is -2.46. The monoisotopic (exact) mass is 405 g/mol. The molecule has 0 amide bonds. The third-order valence-electron chi connectivity index (χ3n) is 5.45. The molecule has 1 N–H and O–H groups in total. The van der Waals surface area contributed by atoms with Gasteiger partial charge < -0.3 is 14.3 Å². The maximum Gasteiger partial charge on any atom is 0.293 e. The topological polar surface area (TPSA) is 113 Å². The maximum atomic E-state index is 12.0. The van der Waals surface area contributed by atoms with Crippen molar-refractivity contribution in [2.24, 2.45) is 0 Å². The van der Waals surface area contributed by atoms with E-state index in [9.17, 15) is 14.9 Å². The van der Waals surface area contributed by atoms with Crippen molar-refractivity contribution < 1.29 is 4.92 Å². The van der Waals surface area contributed by atoms with Gasteiger partial charge in [0.25, 0.3) is 11.2 Å². The van der Waals surface area contributed by atoms with Crippen LogP contribution < -0.4 is 10.5 Å². The summed E-state index contributed by atoms with van der Waals surface area (Å²) < 4.78 is 2.00. The van der Waals surface area contributed by atoms with Crippen molar-refractivity contribution in [1.82, 2.24) is 24.3 Å². The zero-order valence-electron chi connectivity index (χ0n) is 16.1. The summed E-state index contributed by atoms with van der Waals surface area (Å²) in [5.41, 5.74) is 2.40. The van der Waals surface area contributed by atoms with Gasteiger partial charge in [0, 0.05) is 51.2 Å². The Bertz CT molecular complexity index is 1270. The summed E-state index contributed by atoms with van der Waals surface area (Å²) in [4.78, 5) is 38.7. The molecule has 4 heterocycles. The van der Waals surface area contributed by atoms with Crippen LogP contribution in [0.25, 0.3) is 16.6 Å². The summed E-state index contributed by atoms with van der Waals surface area (Å²) in [6.45, 7) is 3.52. The molecule has 152 valence electrons. The maximum absolute atomic E-state index is 12.0. The Hall–Kier alpha value is -3.79. The summed E-state index contributed by atoms with van der Waals surface area (Å²) in [5, 5.41) is 11.9. The molecule has 5 rings (SSSR count). The number of fused-ring (bicyclic) bond motifs is 2. The van der Waals surface area contributed by atoms with E-state index in [1.807, 2.05) is 39.9 Å². The minimum Gasteiger partial charge on any atom is -0.363 e. The smallest absolute Gasteiger partial charge is 0.293 e. The fraction of sp³-hybridized carbons (Fsp3) is 0.250. The van der Waals surface area contributed by atoms with E-state index in [0.29, 0.717) is 24.3 Å². The Morgan fingerprint density at radius 2 is 2.00 bits per heavy atom. The number of H-pyrrole nitrogens is 1. The van der Waals surface area contributed by atoms with Crippen molar-refractivity contribution in [2.45, 2.75) is 6.54 Å². The highest BCUT2D eigenvalue weighted by atomic mass is 16.6. The third kappa shape index (κ3) is 3.26. The van der Waals surface area contributed by atoms with Crippen LogP contribution in [0.3, 0.4) is 0 Å². The van der Waals surface area contributed by atoms with Crippen LogP contribution in [0.15, 0.2) is 53.8 Å². The van der Waals surface area contributed by atoms with Crippen LogP contribution in [0.1, 0.15) is 5.69 Å². The van der Waals surface area contributed by atoms with Crippen LogP contribution in [0, 0.1) is 10.1 Å². The largest absolute Gasteiger partial charge is 0.363 e. The molecular formula is C20H19N7O3. The molecule has 30 heavy (non-hydrogen) atoms. The standard InChI is InChI=1S/C20H19N7O3/c28-20-15-9-18(27(29)30)17(10-16(15)21-13-22-20)25-7-5-24(6-8-25)11-14-12-26-4-2-1-3-19(26)23-14/h1-4,9-10,12-13H,5-8,11H2,(H,21,22,28). The van der Waals surface area contributed by atoms with Gasteiger partial charge in [-0.1, -0.05) is 6.07 Å². The molecule has 10 heteroatoms. The Labute approximate surface area is 170 Å². The molecule has 3 aromatic heterocycles. The number of anilines is 1. The number of aromatic nitrogens is 4. The fourth-order valence-electron chi connectivity index (χ4n) is 3.93. The molecule has 4 aromatic rings. The number of nitrogens with one attached hydrogen (secondary N) is 1. The third-order valence-corrected chi connectivity index (χ3v) is 5.45. The SMILES string of the molecule is O=c1[nH]cnc2cc(N3CCN(Cc4cn5ccccc5n4)CC3)c([N+](=O)[O-])cc12. The lowest BCUT2D eigenvalue weighted by Gasteiger charge is -2.35. The molecule has 0 bridgehead atoms. The van der Waals surface area contributed by atoms with Gasteiger partial charge in [-0.25, -0.2) is 9.97 Å². The van der Waals surface area contributed by atoms with Crippen molar-refractivity contribution in [3.05, 3.63) is 75.2 Å². The predicted octanol–water partition coefficient (Wildman–Crippen LogP) is 1.80. The van der Waals surface area contributed by atoms with E-state index in [4.69, 9.17) is 0 Å². The minimum absolute atomic E-state index is 0.0743. The summed E-state index contributed by atoms with van der Waals surface area (Å²) in [5.74, 6) is 0. The second-order valence-electron chi connectivity index (χ2n) is 7.31. The van der Waals surface area contributed by atoms with Crippen molar-refractivity contribution in [3.8, 4) is 0 Å². The summed E-state index contributed by atoms with van der Waals surface area (Å²) in [6, 6.07) is 8.86. The number of benzene rings is 1. The molecular weight excluding hydrogens is 386 g/mol. The van der Waals surface area contributed by atoms with E-state index in [-0.39, 0.29) is 16.6 Å². The van der Waals surface area contributed by atoms with Crippen LogP contribution in [0.2, 0.25) is 0 Å². The van der Waals surface area contributed by atoms with Crippen LogP contribution in [-0.2, 0) is 6.54 Å². The van der Waals surface area contributed by atoms with Crippen molar-refractivity contribution in [1.29, 1.82) is 0 Å². The van der Waals surface area contributed by atoms with Crippen LogP contribution in [0.5, 0.6) is 0 Å². The highest BCUT2D eigenvalue weighted by molar-refractivity contribution is 5.87. The first-order chi connectivity index (χ1) is 14.6. The van der Waals surface area contributed by atoms with Gasteiger partial charge in [0.15, 0.2) is 0 Å². The van der Waals surface area contributed by atoms with E-state index >= 15 is 0 Å².